The van der Waals surface area contributed by atoms with Gasteiger partial charge in [0.2, 0.25) is 0 Å². The molecule has 5 heteroatoms. The van der Waals surface area contributed by atoms with Crippen LogP contribution in [-0.2, 0) is 19.0 Å². The maximum Gasteiger partial charge on any atom is 0.306 e. The molecular formula is C24H34O5. The highest BCUT2D eigenvalue weighted by Gasteiger charge is 2.33. The number of hydrogen-bond acceptors (Lipinski definition) is 5. The molecule has 0 spiro atoms. The van der Waals surface area contributed by atoms with Gasteiger partial charge >= 0.3 is 5.97 Å². The smallest absolute Gasteiger partial charge is 0.306 e. The molecule has 0 radical (unpaired) electrons. The summed E-state index contributed by atoms with van der Waals surface area (Å²) in [5.74, 6) is 9.88. The quantitative estimate of drug-likeness (QED) is 0.246. The van der Waals surface area contributed by atoms with Crippen molar-refractivity contribution in [3.63, 3.8) is 0 Å². The fraction of sp³-hybridized carbons (Fsp3) is 0.625. The summed E-state index contributed by atoms with van der Waals surface area (Å²) in [6, 6.07) is 0. The van der Waals surface area contributed by atoms with E-state index in [-0.39, 0.29) is 25.1 Å². The van der Waals surface area contributed by atoms with E-state index >= 15 is 0 Å². The van der Waals surface area contributed by atoms with Crippen molar-refractivity contribution in [2.75, 3.05) is 13.2 Å². The summed E-state index contributed by atoms with van der Waals surface area (Å²) >= 11 is 0. The third-order valence-electron chi connectivity index (χ3n) is 4.03. The minimum absolute atomic E-state index is 0.187. The first kappa shape index (κ1) is 25.0. The first-order valence-corrected chi connectivity index (χ1v) is 10.4. The molecule has 1 unspecified atom stereocenters. The van der Waals surface area contributed by atoms with Crippen LogP contribution >= 0.6 is 0 Å². The van der Waals surface area contributed by atoms with Crippen LogP contribution in [0.2, 0.25) is 0 Å². The normalized spacial score (nSPS) is 18.8. The molecule has 1 heterocycles. The molecule has 29 heavy (non-hydrogen) atoms. The lowest BCUT2D eigenvalue weighted by atomic mass is 10.1. The predicted molar refractivity (Wildman–Crippen MR) is 114 cm³/mol. The van der Waals surface area contributed by atoms with Gasteiger partial charge in [-0.2, -0.15) is 0 Å². The third-order valence-corrected chi connectivity index (χ3v) is 4.03. The summed E-state index contributed by atoms with van der Waals surface area (Å²) in [7, 11) is 0. The van der Waals surface area contributed by atoms with Crippen LogP contribution in [0.3, 0.4) is 0 Å². The van der Waals surface area contributed by atoms with Crippen molar-refractivity contribution < 1.29 is 24.1 Å². The maximum absolute atomic E-state index is 11.7. The van der Waals surface area contributed by atoms with Crippen molar-refractivity contribution in [3.8, 4) is 23.7 Å². The highest BCUT2D eigenvalue weighted by molar-refractivity contribution is 5.69. The Morgan fingerprint density at radius 3 is 2.79 bits per heavy atom. The molecule has 0 bridgehead atoms. The van der Waals surface area contributed by atoms with Crippen molar-refractivity contribution in [2.45, 2.75) is 83.7 Å². The van der Waals surface area contributed by atoms with Gasteiger partial charge in [0, 0.05) is 6.42 Å². The minimum Gasteiger partial charge on any atom is -0.463 e. The molecule has 0 aliphatic carbocycles. The summed E-state index contributed by atoms with van der Waals surface area (Å²) in [6.07, 6.45) is 12.7. The second kappa shape index (κ2) is 14.9. The van der Waals surface area contributed by atoms with Crippen LogP contribution in [0.1, 0.15) is 65.7 Å². The van der Waals surface area contributed by atoms with Gasteiger partial charge in [-0.15, -0.1) is 0 Å². The fourth-order valence-electron chi connectivity index (χ4n) is 2.55. The summed E-state index contributed by atoms with van der Waals surface area (Å²) in [5.41, 5.74) is 0. The predicted octanol–water partition coefficient (Wildman–Crippen LogP) is 3.91. The Morgan fingerprint density at radius 1 is 1.28 bits per heavy atom. The van der Waals surface area contributed by atoms with Crippen LogP contribution in [0.15, 0.2) is 24.3 Å². The van der Waals surface area contributed by atoms with Crippen molar-refractivity contribution >= 4 is 5.97 Å². The summed E-state index contributed by atoms with van der Waals surface area (Å²) < 4.78 is 16.1. The van der Waals surface area contributed by atoms with Gasteiger partial charge in [-0.05, 0) is 57.8 Å². The van der Waals surface area contributed by atoms with Gasteiger partial charge in [-0.1, -0.05) is 43.1 Å². The van der Waals surface area contributed by atoms with E-state index in [4.69, 9.17) is 14.2 Å². The molecule has 5 nitrogen and oxygen atoms in total. The Morgan fingerprint density at radius 2 is 2.07 bits per heavy atom. The monoisotopic (exact) mass is 402 g/mol. The van der Waals surface area contributed by atoms with E-state index < -0.39 is 11.9 Å². The molecule has 0 aromatic rings. The molecule has 0 aromatic heterocycles. The SMILES string of the molecule is CC/C=C\C/C=C\CCCC(O)C#CC#CCCC(=O)OC[C@@H]1COC(C)(C)O1. The van der Waals surface area contributed by atoms with E-state index in [1.165, 1.54) is 0 Å². The molecule has 1 aliphatic rings. The number of carbonyl (C=O) groups is 1. The molecule has 2 atom stereocenters. The number of aliphatic hydroxyl groups is 1. The Labute approximate surface area is 175 Å². The zero-order valence-corrected chi connectivity index (χ0v) is 17.9. The molecular weight excluding hydrogens is 368 g/mol. The van der Waals surface area contributed by atoms with Crippen molar-refractivity contribution in [3.05, 3.63) is 24.3 Å². The zero-order chi connectivity index (χ0) is 21.4. The van der Waals surface area contributed by atoms with E-state index in [0.29, 0.717) is 19.4 Å². The molecule has 0 aromatic carbocycles. The van der Waals surface area contributed by atoms with Crippen LogP contribution < -0.4 is 0 Å². The van der Waals surface area contributed by atoms with Gasteiger partial charge in [0.25, 0.3) is 0 Å². The topological polar surface area (TPSA) is 65.0 Å². The van der Waals surface area contributed by atoms with E-state index in [2.05, 4.69) is 54.9 Å². The maximum atomic E-state index is 11.7. The van der Waals surface area contributed by atoms with Crippen LogP contribution in [-0.4, -0.2) is 42.3 Å². The number of allylic oxidation sites excluding steroid dienone is 4. The molecule has 0 amide bonds. The lowest BCUT2D eigenvalue weighted by molar-refractivity contribution is -0.158. The minimum atomic E-state index is -0.666. The number of hydrogen-bond donors (Lipinski definition) is 1. The Kier molecular flexibility index (Phi) is 12.8. The van der Waals surface area contributed by atoms with E-state index in [0.717, 1.165) is 25.7 Å². The standard InChI is InChI=1S/C24H34O5/c1-4-5-6-7-8-9-10-13-16-21(25)17-14-11-12-15-18-23(26)27-19-22-20-28-24(2,3)29-22/h5-6,8-9,21-22,25H,4,7,10,13,15-16,18-20H2,1-3H3/b6-5-,9-8-/t21?,22-/m1/s1. The first-order chi connectivity index (χ1) is 13.9. The number of unbranched alkanes of at least 4 members (excludes halogenated alkanes) is 1. The van der Waals surface area contributed by atoms with E-state index in [1.807, 2.05) is 13.8 Å². The number of esters is 1. The average molecular weight is 403 g/mol. The van der Waals surface area contributed by atoms with Gasteiger partial charge in [-0.25, -0.2) is 0 Å². The summed E-state index contributed by atoms with van der Waals surface area (Å²) in [6.45, 7) is 6.38. The summed E-state index contributed by atoms with van der Waals surface area (Å²) in [4.78, 5) is 11.7. The highest BCUT2D eigenvalue weighted by Crippen LogP contribution is 2.22. The van der Waals surface area contributed by atoms with E-state index in [1.54, 1.807) is 0 Å². The number of rotatable bonds is 11. The summed E-state index contributed by atoms with van der Waals surface area (Å²) in [5, 5.41) is 9.80. The van der Waals surface area contributed by atoms with Gasteiger partial charge in [0.1, 0.15) is 18.8 Å². The van der Waals surface area contributed by atoms with Gasteiger partial charge in [0.15, 0.2) is 5.79 Å². The molecule has 160 valence electrons. The second-order valence-electron chi connectivity index (χ2n) is 7.24. The number of carbonyl (C=O) groups excluding carboxylic acids is 1. The van der Waals surface area contributed by atoms with Crippen molar-refractivity contribution in [2.24, 2.45) is 0 Å². The Hall–Kier alpha value is -2.05. The Bertz CT molecular complexity index is 654. The molecule has 1 saturated heterocycles. The lowest BCUT2D eigenvalue weighted by Crippen LogP contribution is -2.25. The third kappa shape index (κ3) is 13.7. The number of aliphatic hydroxyl groups excluding tert-OH is 1. The van der Waals surface area contributed by atoms with Crippen molar-refractivity contribution in [1.29, 1.82) is 0 Å². The molecule has 1 N–H and O–H groups in total. The van der Waals surface area contributed by atoms with Crippen LogP contribution in [0, 0.1) is 23.7 Å². The molecule has 0 saturated carbocycles. The average Bonchev–Trinajstić information content (AvgIpc) is 3.03. The second-order valence-corrected chi connectivity index (χ2v) is 7.24. The lowest BCUT2D eigenvalue weighted by Gasteiger charge is -2.16. The number of ether oxygens (including phenoxy) is 3. The zero-order valence-electron chi connectivity index (χ0n) is 17.9. The van der Waals surface area contributed by atoms with Gasteiger partial charge in [-0.3, -0.25) is 4.79 Å². The van der Waals surface area contributed by atoms with Gasteiger partial charge < -0.3 is 19.3 Å². The largest absolute Gasteiger partial charge is 0.463 e. The van der Waals surface area contributed by atoms with Crippen LogP contribution in [0.25, 0.3) is 0 Å². The molecule has 1 aliphatic heterocycles. The van der Waals surface area contributed by atoms with Crippen LogP contribution in [0.5, 0.6) is 0 Å². The molecule has 1 fully saturated rings. The van der Waals surface area contributed by atoms with Gasteiger partial charge in [0.05, 0.1) is 13.0 Å². The highest BCUT2D eigenvalue weighted by atomic mass is 16.7. The van der Waals surface area contributed by atoms with Crippen molar-refractivity contribution in [1.82, 2.24) is 0 Å². The first-order valence-electron chi connectivity index (χ1n) is 10.4. The fourth-order valence-corrected chi connectivity index (χ4v) is 2.55. The molecule has 1 rings (SSSR count). The van der Waals surface area contributed by atoms with Crippen LogP contribution in [0.4, 0.5) is 0 Å². The van der Waals surface area contributed by atoms with E-state index in [9.17, 15) is 9.90 Å². The Balaban J connectivity index is 2.08.